The Labute approximate surface area is 98.2 Å². The summed E-state index contributed by atoms with van der Waals surface area (Å²) in [7, 11) is 0. The quantitative estimate of drug-likeness (QED) is 0.822. The van der Waals surface area contributed by atoms with Gasteiger partial charge in [0.1, 0.15) is 5.76 Å². The number of carbonyl (C=O) groups is 2. The predicted octanol–water partition coefficient (Wildman–Crippen LogP) is 0.776. The van der Waals surface area contributed by atoms with Gasteiger partial charge in [-0.3, -0.25) is 9.59 Å². The van der Waals surface area contributed by atoms with Crippen LogP contribution in [0.25, 0.3) is 0 Å². The van der Waals surface area contributed by atoms with Crippen molar-refractivity contribution in [3.63, 3.8) is 0 Å². The summed E-state index contributed by atoms with van der Waals surface area (Å²) >= 11 is 0. The molecule has 2 atom stereocenters. The summed E-state index contributed by atoms with van der Waals surface area (Å²) in [6.45, 7) is 4.22. The molecule has 0 radical (unpaired) electrons. The average molecular weight is 238 g/mol. The SMILES string of the molecule is Cc1cc(C(=O)N2C[C@@H](C)[C@H](C(=O)O)C2)no1. The normalized spacial score (nSPS) is 24.0. The minimum atomic E-state index is -0.857. The molecule has 0 aromatic carbocycles. The lowest BCUT2D eigenvalue weighted by Gasteiger charge is -2.13. The van der Waals surface area contributed by atoms with E-state index in [0.717, 1.165) is 0 Å². The maximum Gasteiger partial charge on any atom is 0.308 e. The van der Waals surface area contributed by atoms with Crippen LogP contribution in [0.1, 0.15) is 23.2 Å². The molecule has 1 N–H and O–H groups in total. The van der Waals surface area contributed by atoms with Gasteiger partial charge in [-0.2, -0.15) is 0 Å². The number of likely N-dealkylation sites (tertiary alicyclic amines) is 1. The fourth-order valence-corrected chi connectivity index (χ4v) is 2.08. The molecule has 1 aliphatic heterocycles. The zero-order valence-electron chi connectivity index (χ0n) is 9.71. The predicted molar refractivity (Wildman–Crippen MR) is 57.4 cm³/mol. The first-order chi connectivity index (χ1) is 7.99. The van der Waals surface area contributed by atoms with Gasteiger partial charge in [0, 0.05) is 19.2 Å². The maximum atomic E-state index is 12.0. The van der Waals surface area contributed by atoms with Crippen molar-refractivity contribution in [3.05, 3.63) is 17.5 Å². The van der Waals surface area contributed by atoms with E-state index in [1.165, 1.54) is 4.90 Å². The topological polar surface area (TPSA) is 83.6 Å². The van der Waals surface area contributed by atoms with E-state index in [1.807, 2.05) is 6.92 Å². The largest absolute Gasteiger partial charge is 0.481 e. The second kappa shape index (κ2) is 4.20. The smallest absolute Gasteiger partial charge is 0.308 e. The Bertz CT molecular complexity index is 454. The molecule has 92 valence electrons. The lowest BCUT2D eigenvalue weighted by molar-refractivity contribution is -0.142. The first-order valence-electron chi connectivity index (χ1n) is 5.44. The number of hydrogen-bond acceptors (Lipinski definition) is 4. The lowest BCUT2D eigenvalue weighted by atomic mass is 9.99. The van der Waals surface area contributed by atoms with Crippen molar-refractivity contribution in [1.29, 1.82) is 0 Å². The minimum Gasteiger partial charge on any atom is -0.481 e. The molecule has 0 unspecified atom stereocenters. The summed E-state index contributed by atoms with van der Waals surface area (Å²) in [6, 6.07) is 1.56. The Balaban J connectivity index is 2.10. The number of carbonyl (C=O) groups excluding carboxylic acids is 1. The zero-order chi connectivity index (χ0) is 12.6. The third kappa shape index (κ3) is 2.15. The highest BCUT2D eigenvalue weighted by atomic mass is 16.5. The number of nitrogens with zero attached hydrogens (tertiary/aromatic N) is 2. The summed E-state index contributed by atoms with van der Waals surface area (Å²) < 4.78 is 4.83. The molecule has 6 heteroatoms. The van der Waals surface area contributed by atoms with Gasteiger partial charge >= 0.3 is 5.97 Å². The molecule has 2 rings (SSSR count). The number of carboxylic acids is 1. The van der Waals surface area contributed by atoms with Crippen molar-refractivity contribution < 1.29 is 19.2 Å². The molecule has 0 bridgehead atoms. The fourth-order valence-electron chi connectivity index (χ4n) is 2.08. The molecule has 1 aromatic heterocycles. The molecular formula is C11H14N2O4. The van der Waals surface area contributed by atoms with Crippen LogP contribution in [0.2, 0.25) is 0 Å². The van der Waals surface area contributed by atoms with Crippen LogP contribution in [-0.4, -0.2) is 40.1 Å². The molecule has 1 aliphatic rings. The van der Waals surface area contributed by atoms with E-state index in [2.05, 4.69) is 5.16 Å². The molecule has 0 aliphatic carbocycles. The van der Waals surface area contributed by atoms with E-state index in [1.54, 1.807) is 13.0 Å². The first kappa shape index (κ1) is 11.6. The summed E-state index contributed by atoms with van der Waals surface area (Å²) in [6.07, 6.45) is 0. The maximum absolute atomic E-state index is 12.0. The van der Waals surface area contributed by atoms with Gasteiger partial charge in [-0.1, -0.05) is 12.1 Å². The Morgan fingerprint density at radius 3 is 2.71 bits per heavy atom. The fraction of sp³-hybridized carbons (Fsp3) is 0.545. The van der Waals surface area contributed by atoms with Crippen LogP contribution in [0.5, 0.6) is 0 Å². The van der Waals surface area contributed by atoms with Crippen LogP contribution in [-0.2, 0) is 4.79 Å². The molecular weight excluding hydrogens is 224 g/mol. The number of amides is 1. The third-order valence-electron chi connectivity index (χ3n) is 3.06. The highest BCUT2D eigenvalue weighted by Gasteiger charge is 2.37. The van der Waals surface area contributed by atoms with Gasteiger partial charge in [-0.05, 0) is 12.8 Å². The van der Waals surface area contributed by atoms with Crippen LogP contribution >= 0.6 is 0 Å². The van der Waals surface area contributed by atoms with Crippen molar-refractivity contribution in [2.75, 3.05) is 13.1 Å². The summed E-state index contributed by atoms with van der Waals surface area (Å²) in [5, 5.41) is 12.6. The highest BCUT2D eigenvalue weighted by molar-refractivity contribution is 5.93. The molecule has 1 amide bonds. The second-order valence-corrected chi connectivity index (χ2v) is 4.45. The average Bonchev–Trinajstić information content (AvgIpc) is 2.83. The van der Waals surface area contributed by atoms with Gasteiger partial charge in [0.25, 0.3) is 5.91 Å². The van der Waals surface area contributed by atoms with Gasteiger partial charge in [0.15, 0.2) is 5.69 Å². The lowest BCUT2D eigenvalue weighted by Crippen LogP contribution is -2.30. The van der Waals surface area contributed by atoms with Gasteiger partial charge < -0.3 is 14.5 Å². The Morgan fingerprint density at radius 2 is 2.24 bits per heavy atom. The third-order valence-corrected chi connectivity index (χ3v) is 3.06. The molecule has 1 saturated heterocycles. The standard InChI is InChI=1S/C11H14N2O4/c1-6-4-13(5-8(6)11(15)16)10(14)9-3-7(2)17-12-9/h3,6,8H,4-5H2,1-2H3,(H,15,16)/t6-,8-/m1/s1. The van der Waals surface area contributed by atoms with Crippen LogP contribution in [0, 0.1) is 18.8 Å². The summed E-state index contributed by atoms with van der Waals surface area (Å²) in [5.74, 6) is -1.09. The zero-order valence-corrected chi connectivity index (χ0v) is 9.71. The van der Waals surface area contributed by atoms with Crippen LogP contribution in [0.3, 0.4) is 0 Å². The van der Waals surface area contributed by atoms with Crippen LogP contribution in [0.4, 0.5) is 0 Å². The number of aromatic nitrogens is 1. The van der Waals surface area contributed by atoms with Crippen molar-refractivity contribution in [2.45, 2.75) is 13.8 Å². The Kier molecular flexibility index (Phi) is 2.87. The van der Waals surface area contributed by atoms with E-state index < -0.39 is 11.9 Å². The van der Waals surface area contributed by atoms with Crippen molar-refractivity contribution >= 4 is 11.9 Å². The molecule has 1 aromatic rings. The van der Waals surface area contributed by atoms with Crippen LogP contribution < -0.4 is 0 Å². The number of hydrogen-bond donors (Lipinski definition) is 1. The van der Waals surface area contributed by atoms with E-state index in [9.17, 15) is 9.59 Å². The molecule has 0 spiro atoms. The first-order valence-corrected chi connectivity index (χ1v) is 5.44. The summed E-state index contributed by atoms with van der Waals surface area (Å²) in [4.78, 5) is 24.4. The Hall–Kier alpha value is -1.85. The molecule has 1 fully saturated rings. The molecule has 17 heavy (non-hydrogen) atoms. The minimum absolute atomic E-state index is 0.0375. The van der Waals surface area contributed by atoms with Crippen molar-refractivity contribution in [1.82, 2.24) is 10.1 Å². The second-order valence-electron chi connectivity index (χ2n) is 4.45. The van der Waals surface area contributed by atoms with E-state index in [4.69, 9.17) is 9.63 Å². The van der Waals surface area contributed by atoms with Crippen molar-refractivity contribution in [3.8, 4) is 0 Å². The highest BCUT2D eigenvalue weighted by Crippen LogP contribution is 2.24. The monoisotopic (exact) mass is 238 g/mol. The van der Waals surface area contributed by atoms with Gasteiger partial charge in [-0.15, -0.1) is 0 Å². The van der Waals surface area contributed by atoms with E-state index in [-0.39, 0.29) is 24.1 Å². The van der Waals surface area contributed by atoms with E-state index >= 15 is 0 Å². The van der Waals surface area contributed by atoms with Crippen LogP contribution in [0.15, 0.2) is 10.6 Å². The van der Waals surface area contributed by atoms with Gasteiger partial charge in [0.2, 0.25) is 0 Å². The summed E-state index contributed by atoms with van der Waals surface area (Å²) in [5.41, 5.74) is 0.237. The molecule has 2 heterocycles. The van der Waals surface area contributed by atoms with Gasteiger partial charge in [0.05, 0.1) is 5.92 Å². The number of carboxylic acid groups (broad SMARTS) is 1. The Morgan fingerprint density at radius 1 is 1.53 bits per heavy atom. The van der Waals surface area contributed by atoms with Crippen molar-refractivity contribution in [2.24, 2.45) is 11.8 Å². The number of aliphatic carboxylic acids is 1. The van der Waals surface area contributed by atoms with Gasteiger partial charge in [-0.25, -0.2) is 0 Å². The molecule has 6 nitrogen and oxygen atoms in total. The number of rotatable bonds is 2. The van der Waals surface area contributed by atoms with E-state index in [0.29, 0.717) is 12.3 Å². The molecule has 0 saturated carbocycles. The number of aryl methyl sites for hydroxylation is 1.